The topological polar surface area (TPSA) is 29.3 Å². The Labute approximate surface area is 151 Å². The molecule has 0 spiro atoms. The van der Waals surface area contributed by atoms with Gasteiger partial charge in [-0.15, -0.1) is 0 Å². The summed E-state index contributed by atoms with van der Waals surface area (Å²) in [4.78, 5) is 2.74. The van der Waals surface area contributed by atoms with Gasteiger partial charge in [0.25, 0.3) is 0 Å². The lowest BCUT2D eigenvalue weighted by molar-refractivity contribution is 0.142. The molecule has 2 fully saturated rings. The monoisotopic (exact) mass is 340 g/mol. The molecule has 25 heavy (non-hydrogen) atoms. The number of rotatable bonds is 5. The summed E-state index contributed by atoms with van der Waals surface area (Å²) in [7, 11) is 0. The van der Waals surface area contributed by atoms with E-state index in [0.717, 1.165) is 29.5 Å². The summed E-state index contributed by atoms with van der Waals surface area (Å²) in [5.74, 6) is 1.84. The third-order valence-corrected chi connectivity index (χ3v) is 6.44. The Balaban J connectivity index is 1.25. The molecule has 1 saturated carbocycles. The maximum atomic E-state index is 5.49. The first kappa shape index (κ1) is 17.1. The number of nitrogens with zero attached hydrogens (tertiary/aromatic N) is 2. The minimum atomic E-state index is 0.860. The number of aryl methyl sites for hydroxylation is 2. The Kier molecular flexibility index (Phi) is 5.40. The number of aromatic nitrogens is 1. The Bertz CT molecular complexity index is 678. The van der Waals surface area contributed by atoms with Crippen LogP contribution in [0.1, 0.15) is 62.6 Å². The molecular formula is C22H32N2O. The molecule has 0 radical (unpaired) electrons. The molecule has 2 heterocycles. The van der Waals surface area contributed by atoms with E-state index in [4.69, 9.17) is 4.52 Å². The smallest absolute Gasteiger partial charge is 0.167 e. The molecule has 4 rings (SSSR count). The highest BCUT2D eigenvalue weighted by Crippen LogP contribution is 2.28. The van der Waals surface area contributed by atoms with Gasteiger partial charge in [0.05, 0.1) is 5.69 Å². The second-order valence-electron chi connectivity index (χ2n) is 8.42. The summed E-state index contributed by atoms with van der Waals surface area (Å²) in [6, 6.07) is 6.36. The minimum Gasteiger partial charge on any atom is -0.356 e. The molecule has 3 heteroatoms. The fraction of sp³-hybridized carbons (Fsp3) is 0.682. The van der Waals surface area contributed by atoms with Crippen LogP contribution in [-0.2, 0) is 6.42 Å². The van der Waals surface area contributed by atoms with Crippen LogP contribution in [0.5, 0.6) is 0 Å². The molecule has 0 amide bonds. The lowest BCUT2D eigenvalue weighted by Crippen LogP contribution is -2.37. The molecule has 1 aliphatic heterocycles. The molecule has 1 aromatic carbocycles. The van der Waals surface area contributed by atoms with Gasteiger partial charge in [0.2, 0.25) is 0 Å². The van der Waals surface area contributed by atoms with Gasteiger partial charge in [0.1, 0.15) is 0 Å². The molecule has 0 atom stereocenters. The molecule has 0 bridgehead atoms. The normalized spacial score (nSPS) is 21.2. The van der Waals surface area contributed by atoms with E-state index >= 15 is 0 Å². The Morgan fingerprint density at radius 3 is 2.64 bits per heavy atom. The highest BCUT2D eigenvalue weighted by Gasteiger charge is 2.23. The van der Waals surface area contributed by atoms with Crippen LogP contribution in [0.15, 0.2) is 22.7 Å². The van der Waals surface area contributed by atoms with Gasteiger partial charge >= 0.3 is 0 Å². The first-order chi connectivity index (χ1) is 12.3. The van der Waals surface area contributed by atoms with Crippen molar-refractivity contribution in [1.82, 2.24) is 10.1 Å². The average Bonchev–Trinajstić information content (AvgIpc) is 3.04. The molecule has 136 valence electrons. The van der Waals surface area contributed by atoms with Gasteiger partial charge in [-0.2, -0.15) is 0 Å². The van der Waals surface area contributed by atoms with Crippen molar-refractivity contribution in [3.63, 3.8) is 0 Å². The van der Waals surface area contributed by atoms with Crippen molar-refractivity contribution in [2.45, 2.75) is 64.7 Å². The van der Waals surface area contributed by atoms with E-state index < -0.39 is 0 Å². The summed E-state index contributed by atoms with van der Waals surface area (Å²) < 4.78 is 5.49. The minimum absolute atomic E-state index is 0.860. The van der Waals surface area contributed by atoms with E-state index in [1.54, 1.807) is 0 Å². The summed E-state index contributed by atoms with van der Waals surface area (Å²) in [6.07, 6.45) is 12.4. The van der Waals surface area contributed by atoms with Gasteiger partial charge in [-0.25, -0.2) is 0 Å². The molecule has 1 aromatic heterocycles. The van der Waals surface area contributed by atoms with E-state index in [2.05, 4.69) is 29.1 Å². The van der Waals surface area contributed by atoms with Crippen molar-refractivity contribution in [2.75, 3.05) is 19.6 Å². The lowest BCUT2D eigenvalue weighted by Gasteiger charge is -2.35. The quantitative estimate of drug-likeness (QED) is 0.733. The van der Waals surface area contributed by atoms with E-state index in [0.29, 0.717) is 0 Å². The van der Waals surface area contributed by atoms with Crippen LogP contribution in [0.4, 0.5) is 0 Å². The van der Waals surface area contributed by atoms with Crippen LogP contribution in [0.3, 0.4) is 0 Å². The molecule has 2 aliphatic rings. The van der Waals surface area contributed by atoms with Crippen LogP contribution < -0.4 is 0 Å². The second kappa shape index (κ2) is 7.90. The summed E-state index contributed by atoms with van der Waals surface area (Å²) in [6.45, 7) is 6.11. The van der Waals surface area contributed by atoms with Crippen LogP contribution in [0.2, 0.25) is 0 Å². The number of piperidine rings is 1. The van der Waals surface area contributed by atoms with Gasteiger partial charge in [-0.05, 0) is 82.5 Å². The zero-order valence-corrected chi connectivity index (χ0v) is 15.7. The number of hydrogen-bond donors (Lipinski definition) is 0. The Hall–Kier alpha value is -1.35. The zero-order valence-electron chi connectivity index (χ0n) is 15.7. The third kappa shape index (κ3) is 4.25. The van der Waals surface area contributed by atoms with E-state index in [1.807, 2.05) is 6.07 Å². The molecule has 2 aromatic rings. The van der Waals surface area contributed by atoms with Crippen LogP contribution in [0.25, 0.3) is 11.0 Å². The van der Waals surface area contributed by atoms with Gasteiger partial charge in [-0.1, -0.05) is 36.0 Å². The lowest BCUT2D eigenvalue weighted by atomic mass is 9.87. The first-order valence-electron chi connectivity index (χ1n) is 10.4. The number of benzene rings is 1. The number of likely N-dealkylation sites (tertiary alicyclic amines) is 1. The van der Waals surface area contributed by atoms with Crippen LogP contribution >= 0.6 is 0 Å². The predicted molar refractivity (Wildman–Crippen MR) is 103 cm³/mol. The van der Waals surface area contributed by atoms with Crippen molar-refractivity contribution in [3.8, 4) is 0 Å². The van der Waals surface area contributed by atoms with Gasteiger partial charge < -0.3 is 9.42 Å². The second-order valence-corrected chi connectivity index (χ2v) is 8.42. The molecule has 1 aliphatic carbocycles. The number of fused-ring (bicyclic) bond motifs is 1. The zero-order chi connectivity index (χ0) is 17.1. The van der Waals surface area contributed by atoms with Gasteiger partial charge in [-0.3, -0.25) is 0 Å². The van der Waals surface area contributed by atoms with E-state index in [-0.39, 0.29) is 0 Å². The molecule has 1 saturated heterocycles. The number of hydrogen-bond acceptors (Lipinski definition) is 3. The van der Waals surface area contributed by atoms with Crippen LogP contribution in [-0.4, -0.2) is 29.7 Å². The van der Waals surface area contributed by atoms with Gasteiger partial charge in [0.15, 0.2) is 5.58 Å². The summed E-state index contributed by atoms with van der Waals surface area (Å²) in [5.41, 5.74) is 3.37. The van der Waals surface area contributed by atoms with E-state index in [9.17, 15) is 0 Å². The third-order valence-electron chi connectivity index (χ3n) is 6.44. The van der Waals surface area contributed by atoms with Crippen molar-refractivity contribution < 1.29 is 4.52 Å². The molecular weight excluding hydrogens is 308 g/mol. The van der Waals surface area contributed by atoms with Crippen molar-refractivity contribution in [3.05, 3.63) is 29.5 Å². The fourth-order valence-corrected chi connectivity index (χ4v) is 4.82. The van der Waals surface area contributed by atoms with Crippen molar-refractivity contribution in [1.29, 1.82) is 0 Å². The highest BCUT2D eigenvalue weighted by molar-refractivity contribution is 5.80. The Morgan fingerprint density at radius 2 is 1.84 bits per heavy atom. The van der Waals surface area contributed by atoms with E-state index in [1.165, 1.54) is 82.0 Å². The van der Waals surface area contributed by atoms with Gasteiger partial charge in [0, 0.05) is 11.9 Å². The largest absolute Gasteiger partial charge is 0.356 e. The summed E-state index contributed by atoms with van der Waals surface area (Å²) in [5, 5.41) is 5.55. The molecule has 3 nitrogen and oxygen atoms in total. The fourth-order valence-electron chi connectivity index (χ4n) is 4.82. The SMILES string of the molecule is Cc1ccc2onc(CCC3CCN(CC4CCCCC4)CC3)c2c1. The standard InChI is InChI=1S/C22H32N2O/c1-17-7-10-22-20(15-17)21(23-25-22)9-8-18-11-13-24(14-12-18)16-19-5-3-2-4-6-19/h7,10,15,18-19H,2-6,8-9,11-14,16H2,1H3. The predicted octanol–water partition coefficient (Wildman–Crippen LogP) is 5.36. The highest BCUT2D eigenvalue weighted by atomic mass is 16.5. The van der Waals surface area contributed by atoms with Crippen LogP contribution in [0, 0.1) is 18.8 Å². The van der Waals surface area contributed by atoms with Crippen molar-refractivity contribution >= 4 is 11.0 Å². The van der Waals surface area contributed by atoms with Crippen molar-refractivity contribution in [2.24, 2.45) is 11.8 Å². The summed E-state index contributed by atoms with van der Waals surface area (Å²) >= 11 is 0. The molecule has 0 unspecified atom stereocenters. The first-order valence-corrected chi connectivity index (χ1v) is 10.4. The maximum absolute atomic E-state index is 5.49. The average molecular weight is 341 g/mol. The molecule has 0 N–H and O–H groups in total. The Morgan fingerprint density at radius 1 is 1.04 bits per heavy atom. The maximum Gasteiger partial charge on any atom is 0.167 e.